The summed E-state index contributed by atoms with van der Waals surface area (Å²) in [4.78, 5) is 36.5. The van der Waals surface area contributed by atoms with Crippen LogP contribution in [0, 0.1) is 0 Å². The Hall–Kier alpha value is -1.46. The quantitative estimate of drug-likeness (QED) is 0.104. The number of anilines is 1. The summed E-state index contributed by atoms with van der Waals surface area (Å²) < 4.78 is 4.07. The zero-order valence-electron chi connectivity index (χ0n) is 15.0. The molecule has 0 fully saturated rings. The van der Waals surface area contributed by atoms with Crippen LogP contribution in [-0.2, 0) is 9.37 Å². The fraction of sp³-hybridized carbons (Fsp3) is 0. The second kappa shape index (κ2) is 12.3. The Balaban J connectivity index is 0.00000392. The molecule has 0 bridgehead atoms. The number of nitrogens with two attached hydrogens (primary N) is 2. The van der Waals surface area contributed by atoms with Crippen molar-refractivity contribution in [1.82, 2.24) is 4.98 Å². The van der Waals surface area contributed by atoms with Crippen molar-refractivity contribution in [2.45, 2.75) is 4.90 Å². The number of nitrogens with zero attached hydrogens (tertiary/aromatic N) is 2. The van der Waals surface area contributed by atoms with Crippen LogP contribution in [0.4, 0.5) is 17.1 Å². The van der Waals surface area contributed by atoms with Gasteiger partial charge in [-0.05, 0) is 18.2 Å². The van der Waals surface area contributed by atoms with Crippen molar-refractivity contribution < 1.29 is 93.5 Å². The van der Waals surface area contributed by atoms with E-state index in [0.717, 1.165) is 6.07 Å². The number of hydrogen-bond donors (Lipinski definition) is 4. The van der Waals surface area contributed by atoms with Crippen molar-refractivity contribution in [1.29, 1.82) is 0 Å². The minimum Gasteiger partial charge on any atom is -0.691 e. The first kappa shape index (κ1) is 27.5. The number of carboxylic acids is 1. The van der Waals surface area contributed by atoms with Gasteiger partial charge in [0, 0.05) is 10.5 Å². The van der Waals surface area contributed by atoms with Crippen LogP contribution in [0.15, 0.2) is 38.1 Å². The molecule has 2 rings (SSSR count). The van der Waals surface area contributed by atoms with Gasteiger partial charge >= 0.3 is 59.1 Å². The molecule has 13 nitrogen and oxygen atoms in total. The smallest absolute Gasteiger partial charge is 0.691 e. The number of nitrogen functional groups attached to an aromatic ring is 1. The van der Waals surface area contributed by atoms with Crippen LogP contribution in [-0.4, -0.2) is 22.0 Å². The number of aromatic hydroxyl groups is 1. The summed E-state index contributed by atoms with van der Waals surface area (Å²) in [5.41, 5.74) is 7.26. The van der Waals surface area contributed by atoms with Crippen molar-refractivity contribution in [3.8, 4) is 5.88 Å². The number of aromatic nitrogens is 1. The van der Waals surface area contributed by atoms with Gasteiger partial charge in [0.1, 0.15) is 5.56 Å². The number of hydrogen-bond acceptors (Lipinski definition) is 12. The van der Waals surface area contributed by atoms with Gasteiger partial charge in [-0.2, -0.15) is 4.33 Å². The normalized spacial score (nSPS) is 10.2. The van der Waals surface area contributed by atoms with E-state index >= 15 is 0 Å². The predicted octanol–water partition coefficient (Wildman–Crippen LogP) is -7.22. The predicted molar refractivity (Wildman–Crippen MR) is 84.6 cm³/mol. The number of benzene rings is 1. The van der Waals surface area contributed by atoms with Gasteiger partial charge in [-0.15, -0.1) is 10.2 Å². The molecule has 0 saturated heterocycles. The molecule has 0 aliphatic carbocycles. The number of carbonyl (C=O) groups is 2. The Kier molecular flexibility index (Phi) is 11.7. The summed E-state index contributed by atoms with van der Waals surface area (Å²) in [5, 5.41) is 40.9. The summed E-state index contributed by atoms with van der Waals surface area (Å²) in [7, 11) is 0. The third-order valence-electron chi connectivity index (χ3n) is 3.06. The van der Waals surface area contributed by atoms with Crippen molar-refractivity contribution in [3.63, 3.8) is 0 Å². The van der Waals surface area contributed by atoms with Crippen molar-refractivity contribution >= 4 is 41.0 Å². The molecule has 0 unspecified atom stereocenters. The number of pyridine rings is 1. The van der Waals surface area contributed by atoms with E-state index in [2.05, 4.69) is 19.6 Å². The maximum atomic E-state index is 11.9. The van der Waals surface area contributed by atoms with Crippen LogP contribution in [0.2, 0.25) is 0 Å². The van der Waals surface area contributed by atoms with E-state index in [1.165, 1.54) is 12.1 Å². The third-order valence-corrected chi connectivity index (χ3v) is 3.63. The molecule has 0 saturated carbocycles. The molecule has 1 aromatic carbocycles. The molecule has 0 aliphatic heterocycles. The minimum atomic E-state index is -1.64. The number of nitrogens with one attached hydrogen (secondary N) is 1. The van der Waals surface area contributed by atoms with Crippen LogP contribution in [0.1, 0.15) is 20.7 Å². The average Bonchev–Trinajstić information content (AvgIpc) is 2.59. The van der Waals surface area contributed by atoms with Crippen LogP contribution in [0.3, 0.4) is 0 Å². The second-order valence-electron chi connectivity index (χ2n) is 4.69. The molecule has 6 N–H and O–H groups in total. The molecule has 1 aromatic heterocycles. The molecule has 16 heteroatoms. The van der Waals surface area contributed by atoms with Gasteiger partial charge in [0.2, 0.25) is 5.88 Å². The van der Waals surface area contributed by atoms with Gasteiger partial charge in [0.15, 0.2) is 5.69 Å². The van der Waals surface area contributed by atoms with E-state index in [1.54, 1.807) is 0 Å². The molecular formula is C13H9N5Na2O8S. The number of aromatic carboxylic acids is 1. The first-order valence-corrected chi connectivity index (χ1v) is 7.45. The molecule has 2 aromatic rings. The summed E-state index contributed by atoms with van der Waals surface area (Å²) in [6.07, 6.45) is 0. The molecular weight excluding hydrogens is 432 g/mol. The Morgan fingerprint density at radius 1 is 1.24 bits per heavy atom. The van der Waals surface area contributed by atoms with Gasteiger partial charge in [-0.25, -0.2) is 0 Å². The van der Waals surface area contributed by atoms with E-state index in [1.807, 2.05) is 4.98 Å². The minimum absolute atomic E-state index is 0. The fourth-order valence-electron chi connectivity index (χ4n) is 1.92. The first-order chi connectivity index (χ1) is 12.8. The van der Waals surface area contributed by atoms with Crippen molar-refractivity contribution in [3.05, 3.63) is 39.7 Å². The van der Waals surface area contributed by atoms with Gasteiger partial charge in [-0.1, -0.05) is 0 Å². The Morgan fingerprint density at radius 3 is 2.45 bits per heavy atom. The summed E-state index contributed by atoms with van der Waals surface area (Å²) in [5.74, 6) is -3.61. The van der Waals surface area contributed by atoms with Crippen LogP contribution in [0.5, 0.6) is 5.88 Å². The zero-order chi connectivity index (χ0) is 20.1. The first-order valence-electron chi connectivity index (χ1n) is 6.71. The van der Waals surface area contributed by atoms with Crippen LogP contribution >= 0.6 is 12.0 Å². The van der Waals surface area contributed by atoms with Gasteiger partial charge < -0.3 is 31.7 Å². The standard InChI is InChI=1S/C13H11N5O8S.2Na/c14-8-7(10(15)19)11(20)16-12(21)9(8)18-17-6-2-1-4(27-26-25-24)3-5(6)13(22)23;;/h1-3,24H,(H2,15,19)(H,22,23)(H4,14,16,20,21);;/q;2*+1/p-2. The van der Waals surface area contributed by atoms with Crippen molar-refractivity contribution in [2.75, 3.05) is 5.73 Å². The van der Waals surface area contributed by atoms with E-state index in [9.17, 15) is 29.9 Å². The topological polar surface area (TPSA) is 229 Å². The van der Waals surface area contributed by atoms with Crippen molar-refractivity contribution in [2.24, 2.45) is 16.0 Å². The van der Waals surface area contributed by atoms with Gasteiger partial charge in [-0.3, -0.25) is 19.6 Å². The second-order valence-corrected chi connectivity index (χ2v) is 5.46. The molecule has 142 valence electrons. The number of carboxylic acid groups (broad SMARTS) is 1. The van der Waals surface area contributed by atoms with E-state index in [0.29, 0.717) is 12.0 Å². The van der Waals surface area contributed by atoms with E-state index in [-0.39, 0.29) is 69.7 Å². The SMILES string of the molecule is NC(=O)c1c(O)[nH]c(=O)c(N=Nc2ccc(SOO[O-])cc2C(=O)[O-])c1N.[Na+].[Na+]. The Bertz CT molecular complexity index is 1000. The molecule has 0 radical (unpaired) electrons. The summed E-state index contributed by atoms with van der Waals surface area (Å²) in [6.45, 7) is 0. The monoisotopic (exact) mass is 441 g/mol. The average molecular weight is 441 g/mol. The summed E-state index contributed by atoms with van der Waals surface area (Å²) >= 11 is 0.435. The number of azo groups is 1. The maximum Gasteiger partial charge on any atom is 1.00 e. The van der Waals surface area contributed by atoms with Gasteiger partial charge in [0.25, 0.3) is 11.5 Å². The van der Waals surface area contributed by atoms with E-state index < -0.39 is 45.8 Å². The van der Waals surface area contributed by atoms with E-state index in [4.69, 9.17) is 11.5 Å². The largest absolute Gasteiger partial charge is 1.00 e. The number of amides is 1. The third kappa shape index (κ3) is 6.78. The summed E-state index contributed by atoms with van der Waals surface area (Å²) in [6, 6.07) is 3.53. The number of carbonyl (C=O) groups excluding carboxylic acids is 2. The van der Waals surface area contributed by atoms with Crippen LogP contribution in [0.25, 0.3) is 0 Å². The molecule has 1 amide bonds. The Morgan fingerprint density at radius 2 is 1.90 bits per heavy atom. The van der Waals surface area contributed by atoms with Crippen LogP contribution < -0.4 is 86.5 Å². The number of H-pyrrole nitrogens is 1. The molecule has 0 aliphatic rings. The molecule has 0 spiro atoms. The Labute approximate surface area is 210 Å². The zero-order valence-corrected chi connectivity index (χ0v) is 19.8. The number of primary amides is 1. The fourth-order valence-corrected chi connectivity index (χ4v) is 2.32. The molecule has 1 heterocycles. The number of rotatable bonds is 7. The number of aromatic amines is 1. The maximum absolute atomic E-state index is 11.9. The molecule has 29 heavy (non-hydrogen) atoms. The van der Waals surface area contributed by atoms with Gasteiger partial charge in [0.05, 0.1) is 29.4 Å². The molecule has 0 atom stereocenters.